The van der Waals surface area contributed by atoms with E-state index in [4.69, 9.17) is 4.42 Å². The van der Waals surface area contributed by atoms with E-state index in [1.54, 1.807) is 38.1 Å². The van der Waals surface area contributed by atoms with Crippen LogP contribution in [0.3, 0.4) is 0 Å². The predicted octanol–water partition coefficient (Wildman–Crippen LogP) is 3.40. The van der Waals surface area contributed by atoms with E-state index in [9.17, 15) is 13.6 Å². The van der Waals surface area contributed by atoms with E-state index in [-0.39, 0.29) is 11.4 Å². The van der Waals surface area contributed by atoms with Gasteiger partial charge >= 0.3 is 6.61 Å². The van der Waals surface area contributed by atoms with Crippen LogP contribution in [0, 0.1) is 13.8 Å². The lowest BCUT2D eigenvalue weighted by atomic mass is 10.1. The van der Waals surface area contributed by atoms with Crippen molar-refractivity contribution in [1.29, 1.82) is 0 Å². The van der Waals surface area contributed by atoms with Gasteiger partial charge in [0.15, 0.2) is 0 Å². The highest BCUT2D eigenvalue weighted by Crippen LogP contribution is 2.24. The zero-order valence-electron chi connectivity index (χ0n) is 12.7. The average Bonchev–Trinajstić information content (AvgIpc) is 2.83. The molecule has 0 aliphatic carbocycles. The van der Waals surface area contributed by atoms with E-state index in [0.717, 1.165) is 0 Å². The number of para-hydroxylation sites is 1. The highest BCUT2D eigenvalue weighted by Gasteiger charge is 2.15. The van der Waals surface area contributed by atoms with Gasteiger partial charge < -0.3 is 9.15 Å². The fraction of sp³-hybridized carbons (Fsp3) is 0.188. The second-order valence-corrected chi connectivity index (χ2v) is 4.76. The number of nitrogens with one attached hydrogen (secondary N) is 2. The fourth-order valence-corrected chi connectivity index (χ4v) is 2.04. The van der Waals surface area contributed by atoms with Gasteiger partial charge in [-0.25, -0.2) is 0 Å². The number of hydrogen-bond donors (Lipinski definition) is 2. The molecule has 0 atom stereocenters. The molecular formula is C16H16F2N2O3. The van der Waals surface area contributed by atoms with E-state index in [2.05, 4.69) is 22.2 Å². The van der Waals surface area contributed by atoms with Crippen molar-refractivity contribution >= 4 is 11.6 Å². The van der Waals surface area contributed by atoms with E-state index in [0.29, 0.717) is 22.6 Å². The zero-order valence-corrected chi connectivity index (χ0v) is 12.7. The monoisotopic (exact) mass is 322 g/mol. The first-order valence-electron chi connectivity index (χ1n) is 6.75. The second kappa shape index (κ2) is 6.95. The van der Waals surface area contributed by atoms with Crippen LogP contribution < -0.4 is 15.6 Å². The molecule has 0 bridgehead atoms. The number of rotatable bonds is 6. The summed E-state index contributed by atoms with van der Waals surface area (Å²) in [5.41, 5.74) is 5.93. The highest BCUT2D eigenvalue weighted by atomic mass is 19.3. The molecule has 0 spiro atoms. The van der Waals surface area contributed by atoms with E-state index < -0.39 is 12.5 Å². The molecule has 0 saturated heterocycles. The fourth-order valence-electron chi connectivity index (χ4n) is 2.04. The van der Waals surface area contributed by atoms with Gasteiger partial charge in [-0.1, -0.05) is 18.7 Å². The normalized spacial score (nSPS) is 10.5. The number of hydrazine groups is 1. The summed E-state index contributed by atoms with van der Waals surface area (Å²) in [4.78, 5) is 12.1. The molecule has 0 radical (unpaired) electrons. The standard InChI is InChI=1S/C16H16F2N2O3/c1-9-8-13(11(3)22-9)15(21)20-19-10(2)12-6-4-5-7-14(12)23-16(17)18/h4-8,16,19H,2H2,1,3H3,(H,20,21). The first kappa shape index (κ1) is 16.5. The minimum atomic E-state index is -2.95. The van der Waals surface area contributed by atoms with Gasteiger partial charge in [-0.3, -0.25) is 15.6 Å². The maximum Gasteiger partial charge on any atom is 0.387 e. The third kappa shape index (κ3) is 4.09. The number of amides is 1. The lowest BCUT2D eigenvalue weighted by Crippen LogP contribution is -2.36. The summed E-state index contributed by atoms with van der Waals surface area (Å²) in [6.07, 6.45) is 0. The lowest BCUT2D eigenvalue weighted by Gasteiger charge is -2.14. The quantitative estimate of drug-likeness (QED) is 0.800. The largest absolute Gasteiger partial charge is 0.466 e. The molecule has 2 rings (SSSR count). The molecule has 1 heterocycles. The van der Waals surface area contributed by atoms with Crippen LogP contribution in [-0.2, 0) is 0 Å². The van der Waals surface area contributed by atoms with Gasteiger partial charge in [0.25, 0.3) is 5.91 Å². The Bertz CT molecular complexity index is 726. The zero-order chi connectivity index (χ0) is 17.0. The molecule has 1 aromatic carbocycles. The molecule has 1 amide bonds. The third-order valence-corrected chi connectivity index (χ3v) is 3.04. The minimum absolute atomic E-state index is 0.0374. The number of halogens is 2. The summed E-state index contributed by atoms with van der Waals surface area (Å²) in [7, 11) is 0. The number of hydrogen-bond acceptors (Lipinski definition) is 4. The molecule has 122 valence electrons. The summed E-state index contributed by atoms with van der Waals surface area (Å²) in [5, 5.41) is 0. The van der Waals surface area contributed by atoms with Crippen molar-refractivity contribution in [3.8, 4) is 5.75 Å². The van der Waals surface area contributed by atoms with Crippen LogP contribution >= 0.6 is 0 Å². The maximum atomic E-state index is 12.4. The number of carbonyl (C=O) groups excluding carboxylic acids is 1. The van der Waals surface area contributed by atoms with Gasteiger partial charge in [-0.2, -0.15) is 8.78 Å². The molecule has 2 aromatic rings. The molecule has 7 heteroatoms. The maximum absolute atomic E-state index is 12.4. The summed E-state index contributed by atoms with van der Waals surface area (Å²) in [6, 6.07) is 7.74. The molecule has 2 N–H and O–H groups in total. The molecule has 23 heavy (non-hydrogen) atoms. The Morgan fingerprint density at radius 2 is 1.91 bits per heavy atom. The first-order valence-corrected chi connectivity index (χ1v) is 6.75. The van der Waals surface area contributed by atoms with Crippen molar-refractivity contribution in [3.05, 3.63) is 59.6 Å². The van der Waals surface area contributed by atoms with Crippen LogP contribution in [0.15, 0.2) is 41.3 Å². The lowest BCUT2D eigenvalue weighted by molar-refractivity contribution is -0.0500. The predicted molar refractivity (Wildman–Crippen MR) is 80.9 cm³/mol. The van der Waals surface area contributed by atoms with Crippen molar-refractivity contribution in [1.82, 2.24) is 10.9 Å². The van der Waals surface area contributed by atoms with Crippen molar-refractivity contribution in [3.63, 3.8) is 0 Å². The smallest absolute Gasteiger partial charge is 0.387 e. The van der Waals surface area contributed by atoms with Crippen molar-refractivity contribution in [2.75, 3.05) is 0 Å². The van der Waals surface area contributed by atoms with Gasteiger partial charge in [0, 0.05) is 5.56 Å². The number of carbonyl (C=O) groups is 1. The first-order chi connectivity index (χ1) is 10.9. The Kier molecular flexibility index (Phi) is 5.00. The van der Waals surface area contributed by atoms with E-state index in [1.165, 1.54) is 6.07 Å². The van der Waals surface area contributed by atoms with Crippen LogP contribution in [-0.4, -0.2) is 12.5 Å². The Morgan fingerprint density at radius 1 is 1.22 bits per heavy atom. The van der Waals surface area contributed by atoms with E-state index >= 15 is 0 Å². The van der Waals surface area contributed by atoms with Gasteiger partial charge in [0.2, 0.25) is 0 Å². The molecule has 0 aliphatic heterocycles. The summed E-state index contributed by atoms with van der Waals surface area (Å²) >= 11 is 0. The van der Waals surface area contributed by atoms with Gasteiger partial charge in [0.05, 0.1) is 11.3 Å². The Hall–Kier alpha value is -2.83. The Morgan fingerprint density at radius 3 is 2.52 bits per heavy atom. The summed E-state index contributed by atoms with van der Waals surface area (Å²) in [5.74, 6) is 0.633. The molecule has 0 unspecified atom stereocenters. The Balaban J connectivity index is 2.05. The molecule has 5 nitrogen and oxygen atoms in total. The molecule has 0 fully saturated rings. The number of benzene rings is 1. The van der Waals surface area contributed by atoms with Gasteiger partial charge in [0.1, 0.15) is 17.3 Å². The van der Waals surface area contributed by atoms with Crippen LogP contribution in [0.25, 0.3) is 5.70 Å². The molecule has 0 saturated carbocycles. The average molecular weight is 322 g/mol. The molecule has 1 aromatic heterocycles. The number of furan rings is 1. The van der Waals surface area contributed by atoms with Gasteiger partial charge in [-0.05, 0) is 32.0 Å². The Labute approximate surface area is 131 Å². The second-order valence-electron chi connectivity index (χ2n) is 4.76. The minimum Gasteiger partial charge on any atom is -0.466 e. The number of alkyl halides is 2. The highest BCUT2D eigenvalue weighted by molar-refractivity contribution is 5.95. The third-order valence-electron chi connectivity index (χ3n) is 3.04. The molecular weight excluding hydrogens is 306 g/mol. The number of aryl methyl sites for hydroxylation is 2. The van der Waals surface area contributed by atoms with Crippen LogP contribution in [0.4, 0.5) is 8.78 Å². The topological polar surface area (TPSA) is 63.5 Å². The summed E-state index contributed by atoms with van der Waals surface area (Å²) in [6.45, 7) is 4.16. The SMILES string of the molecule is C=C(NNC(=O)c1cc(C)oc1C)c1ccccc1OC(F)F. The van der Waals surface area contributed by atoms with Crippen molar-refractivity contribution in [2.45, 2.75) is 20.5 Å². The van der Waals surface area contributed by atoms with Crippen molar-refractivity contribution < 1.29 is 22.7 Å². The summed E-state index contributed by atoms with van der Waals surface area (Å²) < 4.78 is 34.5. The van der Waals surface area contributed by atoms with Crippen LogP contribution in [0.5, 0.6) is 5.75 Å². The van der Waals surface area contributed by atoms with Crippen molar-refractivity contribution in [2.24, 2.45) is 0 Å². The van der Waals surface area contributed by atoms with Crippen LogP contribution in [0.1, 0.15) is 27.4 Å². The number of ether oxygens (including phenoxy) is 1. The van der Waals surface area contributed by atoms with Crippen LogP contribution in [0.2, 0.25) is 0 Å². The molecule has 0 aliphatic rings. The van der Waals surface area contributed by atoms with E-state index in [1.807, 2.05) is 0 Å². The van der Waals surface area contributed by atoms with Gasteiger partial charge in [-0.15, -0.1) is 0 Å².